The second kappa shape index (κ2) is 5.86. The fourth-order valence-electron chi connectivity index (χ4n) is 1.53. The molecule has 1 aromatic heterocycles. The van der Waals surface area contributed by atoms with Crippen LogP contribution >= 0.6 is 0 Å². The van der Waals surface area contributed by atoms with E-state index in [9.17, 15) is 13.2 Å². The number of anilines is 1. The topological polar surface area (TPSA) is 42.1 Å². The van der Waals surface area contributed by atoms with Gasteiger partial charge in [0, 0.05) is 25.8 Å². The lowest BCUT2D eigenvalue weighted by atomic mass is 10.2. The predicted octanol–water partition coefficient (Wildman–Crippen LogP) is 2.28. The first-order chi connectivity index (χ1) is 7.99. The van der Waals surface area contributed by atoms with Gasteiger partial charge in [0.15, 0.2) is 0 Å². The first-order valence-corrected chi connectivity index (χ1v) is 5.47. The van der Waals surface area contributed by atoms with Crippen molar-refractivity contribution in [3.8, 4) is 0 Å². The third-order valence-electron chi connectivity index (χ3n) is 2.29. The molecule has 0 aliphatic heterocycles. The molecule has 0 saturated heterocycles. The molecule has 0 aliphatic carbocycles. The Balaban J connectivity index is 2.95. The summed E-state index contributed by atoms with van der Waals surface area (Å²) in [4.78, 5) is 5.72. The summed E-state index contributed by atoms with van der Waals surface area (Å²) in [5.74, 6) is 0.326. The number of aromatic nitrogens is 1. The van der Waals surface area contributed by atoms with Gasteiger partial charge in [-0.1, -0.05) is 6.92 Å². The van der Waals surface area contributed by atoms with E-state index < -0.39 is 11.7 Å². The number of hydrogen-bond acceptors (Lipinski definition) is 3. The number of alkyl halides is 3. The average Bonchev–Trinajstić information content (AvgIpc) is 2.28. The Morgan fingerprint density at radius 1 is 1.35 bits per heavy atom. The fraction of sp³-hybridized carbons (Fsp3) is 0.545. The van der Waals surface area contributed by atoms with Crippen molar-refractivity contribution in [3.63, 3.8) is 0 Å². The SMILES string of the molecule is CCCN(CCN)c1cc(C(F)(F)F)ccn1. The summed E-state index contributed by atoms with van der Waals surface area (Å²) in [5, 5.41) is 0. The van der Waals surface area contributed by atoms with E-state index in [1.54, 1.807) is 4.90 Å². The van der Waals surface area contributed by atoms with Gasteiger partial charge in [0.05, 0.1) is 5.56 Å². The first-order valence-electron chi connectivity index (χ1n) is 5.47. The molecular weight excluding hydrogens is 231 g/mol. The molecule has 6 heteroatoms. The van der Waals surface area contributed by atoms with Crippen LogP contribution in [-0.2, 0) is 6.18 Å². The van der Waals surface area contributed by atoms with E-state index in [-0.39, 0.29) is 0 Å². The van der Waals surface area contributed by atoms with Crippen LogP contribution in [-0.4, -0.2) is 24.6 Å². The van der Waals surface area contributed by atoms with Gasteiger partial charge in [0.25, 0.3) is 0 Å². The van der Waals surface area contributed by atoms with E-state index in [1.165, 1.54) is 6.20 Å². The van der Waals surface area contributed by atoms with Crippen LogP contribution in [0.4, 0.5) is 19.0 Å². The summed E-state index contributed by atoms with van der Waals surface area (Å²) < 4.78 is 37.6. The Kier molecular flexibility index (Phi) is 4.74. The zero-order valence-electron chi connectivity index (χ0n) is 9.67. The van der Waals surface area contributed by atoms with Crippen LogP contribution in [0.15, 0.2) is 18.3 Å². The Hall–Kier alpha value is -1.30. The summed E-state index contributed by atoms with van der Waals surface area (Å²) in [7, 11) is 0. The van der Waals surface area contributed by atoms with Crippen molar-refractivity contribution in [3.05, 3.63) is 23.9 Å². The molecule has 3 nitrogen and oxygen atoms in total. The van der Waals surface area contributed by atoms with Gasteiger partial charge in [0.1, 0.15) is 5.82 Å². The Morgan fingerprint density at radius 3 is 2.59 bits per heavy atom. The number of nitrogens with two attached hydrogens (primary N) is 1. The molecule has 2 N–H and O–H groups in total. The van der Waals surface area contributed by atoms with Crippen LogP contribution in [0.5, 0.6) is 0 Å². The lowest BCUT2D eigenvalue weighted by Gasteiger charge is -2.23. The monoisotopic (exact) mass is 247 g/mol. The minimum atomic E-state index is -4.34. The molecule has 0 bridgehead atoms. The molecule has 0 atom stereocenters. The lowest BCUT2D eigenvalue weighted by Crippen LogP contribution is -2.31. The van der Waals surface area contributed by atoms with E-state index in [0.717, 1.165) is 18.6 Å². The van der Waals surface area contributed by atoms with E-state index >= 15 is 0 Å². The molecule has 1 heterocycles. The van der Waals surface area contributed by atoms with Gasteiger partial charge in [-0.15, -0.1) is 0 Å². The third-order valence-corrected chi connectivity index (χ3v) is 2.29. The summed E-state index contributed by atoms with van der Waals surface area (Å²) >= 11 is 0. The number of halogens is 3. The largest absolute Gasteiger partial charge is 0.416 e. The number of hydrogen-bond donors (Lipinski definition) is 1. The third kappa shape index (κ3) is 3.89. The van der Waals surface area contributed by atoms with Gasteiger partial charge >= 0.3 is 6.18 Å². The predicted molar refractivity (Wildman–Crippen MR) is 60.8 cm³/mol. The van der Waals surface area contributed by atoms with Crippen LogP contribution < -0.4 is 10.6 Å². The van der Waals surface area contributed by atoms with E-state index in [4.69, 9.17) is 5.73 Å². The van der Waals surface area contributed by atoms with Crippen molar-refractivity contribution in [1.29, 1.82) is 0 Å². The molecular formula is C11H16F3N3. The number of pyridine rings is 1. The van der Waals surface area contributed by atoms with E-state index in [2.05, 4.69) is 4.98 Å². The zero-order chi connectivity index (χ0) is 12.9. The molecule has 0 amide bonds. The average molecular weight is 247 g/mol. The van der Waals surface area contributed by atoms with Gasteiger partial charge in [0.2, 0.25) is 0 Å². The standard InChI is InChI=1S/C11H16F3N3/c1-2-6-17(7-4-15)10-8-9(3-5-16-10)11(12,13)14/h3,5,8H,2,4,6-7,15H2,1H3. The molecule has 1 rings (SSSR count). The second-order valence-electron chi connectivity index (χ2n) is 3.68. The number of rotatable bonds is 5. The highest BCUT2D eigenvalue weighted by Gasteiger charge is 2.31. The van der Waals surface area contributed by atoms with Crippen molar-refractivity contribution < 1.29 is 13.2 Å². The maximum atomic E-state index is 12.5. The maximum absolute atomic E-state index is 12.5. The zero-order valence-corrected chi connectivity index (χ0v) is 9.67. The van der Waals surface area contributed by atoms with Crippen LogP contribution in [0.1, 0.15) is 18.9 Å². The molecule has 96 valence electrons. The van der Waals surface area contributed by atoms with Gasteiger partial charge in [-0.2, -0.15) is 13.2 Å². The summed E-state index contributed by atoms with van der Waals surface area (Å²) in [6.07, 6.45) is -2.33. The van der Waals surface area contributed by atoms with Crippen molar-refractivity contribution in [2.24, 2.45) is 5.73 Å². The lowest BCUT2D eigenvalue weighted by molar-refractivity contribution is -0.137. The molecule has 1 aromatic rings. The first kappa shape index (κ1) is 13.8. The Labute approximate surface area is 98.4 Å². The molecule has 0 spiro atoms. The van der Waals surface area contributed by atoms with Crippen LogP contribution in [0.2, 0.25) is 0 Å². The molecule has 0 unspecified atom stereocenters. The fourth-order valence-corrected chi connectivity index (χ4v) is 1.53. The molecule has 17 heavy (non-hydrogen) atoms. The minimum absolute atomic E-state index is 0.326. The quantitative estimate of drug-likeness (QED) is 0.868. The highest BCUT2D eigenvalue weighted by Crippen LogP contribution is 2.30. The van der Waals surface area contributed by atoms with Gasteiger partial charge in [-0.05, 0) is 18.6 Å². The van der Waals surface area contributed by atoms with Crippen molar-refractivity contribution in [2.75, 3.05) is 24.5 Å². The van der Waals surface area contributed by atoms with Gasteiger partial charge in [-0.3, -0.25) is 0 Å². The molecule has 0 fully saturated rings. The van der Waals surface area contributed by atoms with Crippen molar-refractivity contribution in [2.45, 2.75) is 19.5 Å². The summed E-state index contributed by atoms with van der Waals surface area (Å²) in [5.41, 5.74) is 4.75. The summed E-state index contributed by atoms with van der Waals surface area (Å²) in [6.45, 7) is 3.49. The minimum Gasteiger partial charge on any atom is -0.355 e. The van der Waals surface area contributed by atoms with Crippen LogP contribution in [0.25, 0.3) is 0 Å². The van der Waals surface area contributed by atoms with Crippen LogP contribution in [0.3, 0.4) is 0 Å². The molecule has 0 aromatic carbocycles. The number of nitrogens with zero attached hydrogens (tertiary/aromatic N) is 2. The molecule has 0 aliphatic rings. The highest BCUT2D eigenvalue weighted by molar-refractivity contribution is 5.41. The highest BCUT2D eigenvalue weighted by atomic mass is 19.4. The van der Waals surface area contributed by atoms with E-state index in [1.807, 2.05) is 6.92 Å². The maximum Gasteiger partial charge on any atom is 0.416 e. The molecule has 0 saturated carbocycles. The van der Waals surface area contributed by atoms with Gasteiger partial charge in [-0.25, -0.2) is 4.98 Å². The normalized spacial score (nSPS) is 11.6. The van der Waals surface area contributed by atoms with Gasteiger partial charge < -0.3 is 10.6 Å². The second-order valence-corrected chi connectivity index (χ2v) is 3.68. The Morgan fingerprint density at radius 2 is 2.06 bits per heavy atom. The molecule has 0 radical (unpaired) electrons. The smallest absolute Gasteiger partial charge is 0.355 e. The summed E-state index contributed by atoms with van der Waals surface area (Å²) in [6, 6.07) is 2.03. The Bertz CT molecular complexity index is 346. The van der Waals surface area contributed by atoms with Crippen molar-refractivity contribution in [1.82, 2.24) is 4.98 Å². The van der Waals surface area contributed by atoms with Crippen molar-refractivity contribution >= 4 is 5.82 Å². The van der Waals surface area contributed by atoms with E-state index in [0.29, 0.717) is 25.5 Å². The van der Waals surface area contributed by atoms with Crippen LogP contribution in [0, 0.1) is 0 Å².